The average molecular weight is 248 g/mol. The molecule has 3 rings (SSSR count). The van der Waals surface area contributed by atoms with Crippen LogP contribution in [0.5, 0.6) is 5.75 Å². The van der Waals surface area contributed by atoms with Gasteiger partial charge in [-0.05, 0) is 54.7 Å². The Balaban J connectivity index is 1.75. The molecule has 0 radical (unpaired) electrons. The molecule has 0 saturated heterocycles. The van der Waals surface area contributed by atoms with Gasteiger partial charge in [0, 0.05) is 0 Å². The van der Waals surface area contributed by atoms with Gasteiger partial charge in [0.1, 0.15) is 0 Å². The molecule has 1 nitrogen and oxygen atoms in total. The molecule has 2 aliphatic rings. The molecule has 98 valence electrons. The maximum Gasteiger partial charge on any atom is 0.165 e. The highest BCUT2D eigenvalue weighted by atomic mass is 19.1. The number of hydrogen-bond donors (Lipinski definition) is 1. The van der Waals surface area contributed by atoms with E-state index in [2.05, 4.69) is 0 Å². The molecule has 0 heterocycles. The molecular formula is C16H21FO. The number of phenols is 1. The molecular weight excluding hydrogens is 227 g/mol. The van der Waals surface area contributed by atoms with Crippen LogP contribution in [0.15, 0.2) is 18.2 Å². The van der Waals surface area contributed by atoms with Gasteiger partial charge in [0.2, 0.25) is 0 Å². The van der Waals surface area contributed by atoms with Crippen LogP contribution in [0.3, 0.4) is 0 Å². The summed E-state index contributed by atoms with van der Waals surface area (Å²) in [6, 6.07) is 4.92. The third-order valence-electron chi connectivity index (χ3n) is 4.98. The fraction of sp³-hybridized carbons (Fsp3) is 0.625. The van der Waals surface area contributed by atoms with Crippen molar-refractivity contribution in [2.45, 2.75) is 50.9 Å². The molecule has 0 amide bonds. The molecule has 2 heteroatoms. The third-order valence-corrected chi connectivity index (χ3v) is 4.98. The van der Waals surface area contributed by atoms with Gasteiger partial charge in [0.25, 0.3) is 0 Å². The van der Waals surface area contributed by atoms with E-state index < -0.39 is 5.82 Å². The van der Waals surface area contributed by atoms with Crippen molar-refractivity contribution in [2.24, 2.45) is 11.8 Å². The number of fused-ring (bicyclic) bond motifs is 1. The van der Waals surface area contributed by atoms with Crippen LogP contribution in [0.1, 0.15) is 56.4 Å². The lowest BCUT2D eigenvalue weighted by molar-refractivity contribution is 0.155. The first-order valence-corrected chi connectivity index (χ1v) is 7.22. The maximum atomic E-state index is 13.4. The van der Waals surface area contributed by atoms with Crippen molar-refractivity contribution in [3.05, 3.63) is 29.6 Å². The van der Waals surface area contributed by atoms with Crippen molar-refractivity contribution in [3.63, 3.8) is 0 Å². The van der Waals surface area contributed by atoms with Crippen molar-refractivity contribution in [1.82, 2.24) is 0 Å². The van der Waals surface area contributed by atoms with E-state index in [1.807, 2.05) is 6.07 Å². The molecule has 0 bridgehead atoms. The summed E-state index contributed by atoms with van der Waals surface area (Å²) in [5, 5.41) is 9.25. The highest BCUT2D eigenvalue weighted by Crippen LogP contribution is 2.46. The minimum atomic E-state index is -0.474. The Morgan fingerprint density at radius 2 is 1.78 bits per heavy atom. The predicted octanol–water partition coefficient (Wildman–Crippen LogP) is 4.61. The van der Waals surface area contributed by atoms with E-state index in [1.165, 1.54) is 57.1 Å². The van der Waals surface area contributed by atoms with Crippen molar-refractivity contribution < 1.29 is 9.50 Å². The van der Waals surface area contributed by atoms with Crippen LogP contribution >= 0.6 is 0 Å². The number of phenolic OH excluding ortho intramolecular Hbond substituents is 1. The Labute approximate surface area is 108 Å². The number of halogens is 1. The summed E-state index contributed by atoms with van der Waals surface area (Å²) in [7, 11) is 0. The molecule has 3 atom stereocenters. The fourth-order valence-electron chi connectivity index (χ4n) is 3.95. The van der Waals surface area contributed by atoms with E-state index in [0.717, 1.165) is 17.4 Å². The van der Waals surface area contributed by atoms with E-state index >= 15 is 0 Å². The second-order valence-corrected chi connectivity index (χ2v) is 6.03. The standard InChI is InChI=1S/C16H21FO/c17-15-10-14(7-8-16(15)18)13-6-5-11-3-1-2-4-12(11)9-13/h7-8,10-13,18H,1-6,9H2. The Morgan fingerprint density at radius 3 is 2.56 bits per heavy atom. The quantitative estimate of drug-likeness (QED) is 0.769. The summed E-state index contributed by atoms with van der Waals surface area (Å²) in [6.45, 7) is 0. The number of rotatable bonds is 1. The zero-order valence-corrected chi connectivity index (χ0v) is 10.7. The lowest BCUT2D eigenvalue weighted by Gasteiger charge is -2.39. The van der Waals surface area contributed by atoms with Crippen molar-refractivity contribution in [2.75, 3.05) is 0 Å². The average Bonchev–Trinajstić information content (AvgIpc) is 2.41. The van der Waals surface area contributed by atoms with Gasteiger partial charge in [-0.25, -0.2) is 4.39 Å². The van der Waals surface area contributed by atoms with Crippen LogP contribution in [0.2, 0.25) is 0 Å². The molecule has 18 heavy (non-hydrogen) atoms. The van der Waals surface area contributed by atoms with Gasteiger partial charge >= 0.3 is 0 Å². The summed E-state index contributed by atoms with van der Waals surface area (Å²) < 4.78 is 13.4. The number of hydrogen-bond acceptors (Lipinski definition) is 1. The van der Waals surface area contributed by atoms with E-state index in [1.54, 1.807) is 0 Å². The van der Waals surface area contributed by atoms with Crippen molar-refractivity contribution >= 4 is 0 Å². The first kappa shape index (κ1) is 12.0. The minimum Gasteiger partial charge on any atom is -0.505 e. The van der Waals surface area contributed by atoms with E-state index in [4.69, 9.17) is 0 Å². The molecule has 2 aliphatic carbocycles. The minimum absolute atomic E-state index is 0.231. The van der Waals surface area contributed by atoms with Gasteiger partial charge in [-0.1, -0.05) is 31.7 Å². The summed E-state index contributed by atoms with van der Waals surface area (Å²) in [5.41, 5.74) is 1.08. The molecule has 1 N–H and O–H groups in total. The Bertz CT molecular complexity index is 429. The Hall–Kier alpha value is -1.05. The van der Waals surface area contributed by atoms with Crippen LogP contribution in [0.25, 0.3) is 0 Å². The topological polar surface area (TPSA) is 20.2 Å². The van der Waals surface area contributed by atoms with Crippen LogP contribution in [0, 0.1) is 17.7 Å². The highest BCUT2D eigenvalue weighted by Gasteiger charge is 2.32. The van der Waals surface area contributed by atoms with Gasteiger partial charge in [-0.3, -0.25) is 0 Å². The smallest absolute Gasteiger partial charge is 0.165 e. The zero-order chi connectivity index (χ0) is 12.5. The maximum absolute atomic E-state index is 13.4. The monoisotopic (exact) mass is 248 g/mol. The molecule has 3 unspecified atom stereocenters. The summed E-state index contributed by atoms with van der Waals surface area (Å²) in [6.07, 6.45) is 9.25. The Kier molecular flexibility index (Phi) is 3.27. The normalized spacial score (nSPS) is 31.9. The lowest BCUT2D eigenvalue weighted by atomic mass is 9.66. The van der Waals surface area contributed by atoms with Gasteiger partial charge < -0.3 is 5.11 Å². The van der Waals surface area contributed by atoms with Crippen LogP contribution in [-0.4, -0.2) is 5.11 Å². The van der Waals surface area contributed by atoms with Gasteiger partial charge in [-0.15, -0.1) is 0 Å². The van der Waals surface area contributed by atoms with Crippen molar-refractivity contribution in [1.29, 1.82) is 0 Å². The molecule has 0 aliphatic heterocycles. The first-order chi connectivity index (χ1) is 8.74. The molecule has 1 aromatic carbocycles. The second kappa shape index (κ2) is 4.91. The highest BCUT2D eigenvalue weighted by molar-refractivity contribution is 5.30. The zero-order valence-electron chi connectivity index (χ0n) is 10.7. The van der Waals surface area contributed by atoms with Gasteiger partial charge in [0.05, 0.1) is 0 Å². The molecule has 0 aromatic heterocycles. The fourth-order valence-corrected chi connectivity index (χ4v) is 3.95. The molecule has 2 fully saturated rings. The van der Waals surface area contributed by atoms with Crippen LogP contribution in [0.4, 0.5) is 4.39 Å². The predicted molar refractivity (Wildman–Crippen MR) is 70.1 cm³/mol. The summed E-state index contributed by atoms with van der Waals surface area (Å²) in [5.74, 6) is 1.58. The molecule has 2 saturated carbocycles. The SMILES string of the molecule is Oc1ccc(C2CCC3CCCCC3C2)cc1F. The molecule has 0 spiro atoms. The van der Waals surface area contributed by atoms with Crippen LogP contribution < -0.4 is 0 Å². The number of aromatic hydroxyl groups is 1. The van der Waals surface area contributed by atoms with Crippen LogP contribution in [-0.2, 0) is 0 Å². The van der Waals surface area contributed by atoms with E-state index in [9.17, 15) is 9.50 Å². The van der Waals surface area contributed by atoms with Gasteiger partial charge in [-0.2, -0.15) is 0 Å². The van der Waals surface area contributed by atoms with E-state index in [-0.39, 0.29) is 5.75 Å². The van der Waals surface area contributed by atoms with E-state index in [0.29, 0.717) is 5.92 Å². The summed E-state index contributed by atoms with van der Waals surface area (Å²) in [4.78, 5) is 0. The molecule has 1 aromatic rings. The van der Waals surface area contributed by atoms with Gasteiger partial charge in [0.15, 0.2) is 11.6 Å². The Morgan fingerprint density at radius 1 is 1.00 bits per heavy atom. The third kappa shape index (κ3) is 2.25. The second-order valence-electron chi connectivity index (χ2n) is 6.03. The largest absolute Gasteiger partial charge is 0.505 e. The lowest BCUT2D eigenvalue weighted by Crippen LogP contribution is -2.26. The number of benzene rings is 1. The summed E-state index contributed by atoms with van der Waals surface area (Å²) >= 11 is 0. The first-order valence-electron chi connectivity index (χ1n) is 7.22. The van der Waals surface area contributed by atoms with Crippen molar-refractivity contribution in [3.8, 4) is 5.75 Å².